The first-order valence-electron chi connectivity index (χ1n) is 9.04. The van der Waals surface area contributed by atoms with Crippen molar-refractivity contribution in [2.24, 2.45) is 0 Å². The highest BCUT2D eigenvalue weighted by Crippen LogP contribution is 2.32. The Morgan fingerprint density at radius 2 is 1.83 bits per heavy atom. The third kappa shape index (κ3) is 3.86. The summed E-state index contributed by atoms with van der Waals surface area (Å²) in [6.07, 6.45) is -0.786. The van der Waals surface area contributed by atoms with Crippen LogP contribution < -0.4 is 4.90 Å². The fraction of sp³-hybridized carbons (Fsp3) is 0.182. The first-order valence-corrected chi connectivity index (χ1v) is 9.04. The Hall–Kier alpha value is -3.19. The molecule has 0 radical (unpaired) electrons. The number of anilines is 1. The number of benzene rings is 2. The molecule has 1 aliphatic rings. The Labute approximate surface area is 164 Å². The van der Waals surface area contributed by atoms with Crippen LogP contribution >= 0.6 is 0 Å². The summed E-state index contributed by atoms with van der Waals surface area (Å²) in [7, 11) is 0. The number of fused-ring (bicyclic) bond motifs is 1. The number of pyridine rings is 1. The van der Waals surface area contributed by atoms with Crippen LogP contribution in [0.2, 0.25) is 0 Å². The molecule has 4 rings (SSSR count). The third-order valence-electron chi connectivity index (χ3n) is 4.97. The molecule has 2 aromatic carbocycles. The van der Waals surface area contributed by atoms with Gasteiger partial charge in [0.05, 0.1) is 17.7 Å². The lowest BCUT2D eigenvalue weighted by atomic mass is 9.97. The number of halogens is 3. The van der Waals surface area contributed by atoms with Crippen molar-refractivity contribution in [2.45, 2.75) is 19.2 Å². The van der Waals surface area contributed by atoms with Gasteiger partial charge in [0, 0.05) is 29.9 Å². The number of alkyl halides is 3. The molecule has 4 nitrogen and oxygen atoms in total. The van der Waals surface area contributed by atoms with Gasteiger partial charge in [-0.1, -0.05) is 18.2 Å². The van der Waals surface area contributed by atoms with Crippen LogP contribution in [0, 0.1) is 0 Å². The summed E-state index contributed by atoms with van der Waals surface area (Å²) in [4.78, 5) is 18.6. The zero-order valence-electron chi connectivity index (χ0n) is 15.3. The topological polar surface area (TPSA) is 53.4 Å². The Morgan fingerprint density at radius 1 is 1.07 bits per heavy atom. The van der Waals surface area contributed by atoms with E-state index in [0.29, 0.717) is 40.9 Å². The molecule has 0 saturated heterocycles. The average molecular weight is 398 g/mol. The number of amides is 1. The van der Waals surface area contributed by atoms with Crippen molar-refractivity contribution >= 4 is 28.1 Å². The van der Waals surface area contributed by atoms with Gasteiger partial charge in [-0.25, -0.2) is 0 Å². The molecule has 0 aliphatic carbocycles. The molecule has 1 N–H and O–H groups in total. The molecule has 148 valence electrons. The van der Waals surface area contributed by atoms with E-state index in [1.54, 1.807) is 11.1 Å². The van der Waals surface area contributed by atoms with Crippen molar-refractivity contribution < 1.29 is 23.1 Å². The van der Waals surface area contributed by atoms with E-state index in [1.807, 2.05) is 24.3 Å². The van der Waals surface area contributed by atoms with Gasteiger partial charge in [-0.3, -0.25) is 9.78 Å². The minimum absolute atomic E-state index is 0.0905. The molecule has 29 heavy (non-hydrogen) atoms. The first kappa shape index (κ1) is 19.1. The minimum atomic E-state index is -4.38. The molecule has 0 atom stereocenters. The van der Waals surface area contributed by atoms with Gasteiger partial charge < -0.3 is 10.0 Å². The van der Waals surface area contributed by atoms with Crippen LogP contribution in [0.1, 0.15) is 23.1 Å². The number of hydrogen-bond acceptors (Lipinski definition) is 3. The maximum Gasteiger partial charge on any atom is 0.416 e. The van der Waals surface area contributed by atoms with E-state index in [1.165, 1.54) is 18.2 Å². The van der Waals surface area contributed by atoms with Crippen LogP contribution in [-0.2, 0) is 17.6 Å². The Balaban J connectivity index is 1.57. The van der Waals surface area contributed by atoms with Crippen molar-refractivity contribution in [3.63, 3.8) is 0 Å². The molecule has 2 heterocycles. The second-order valence-corrected chi connectivity index (χ2v) is 6.86. The number of carbonyl (C=O) groups excluding carboxylic acids is 1. The molecule has 7 heteroatoms. The summed E-state index contributed by atoms with van der Waals surface area (Å²) in [6.45, 7) is 0.332. The lowest BCUT2D eigenvalue weighted by Crippen LogP contribution is -2.33. The number of carbonyl (C=O) groups is 1. The van der Waals surface area contributed by atoms with Gasteiger partial charge in [0.25, 0.3) is 5.91 Å². The number of hydrogen-bond donors (Lipinski definition) is 1. The third-order valence-corrected chi connectivity index (χ3v) is 4.97. The van der Waals surface area contributed by atoms with Crippen molar-refractivity contribution in [2.75, 3.05) is 11.4 Å². The number of rotatable bonds is 3. The standard InChI is InChI=1S/C22H17F3N2O2/c23-22(24,25)18-4-1-15(2-5-18)16-7-8-27(21(29)10-16)19-6-3-17-9-14(13-28)12-26-20(17)11-19/h1-6,9-12,28H,7-8,13H2. The fourth-order valence-corrected chi connectivity index (χ4v) is 3.41. The van der Waals surface area contributed by atoms with Gasteiger partial charge in [0.1, 0.15) is 0 Å². The molecule has 0 unspecified atom stereocenters. The molecule has 0 fully saturated rings. The van der Waals surface area contributed by atoms with Crippen LogP contribution in [0.5, 0.6) is 0 Å². The molecule has 0 bridgehead atoms. The summed E-state index contributed by atoms with van der Waals surface area (Å²) >= 11 is 0. The SMILES string of the molecule is O=C1C=C(c2ccc(C(F)(F)F)cc2)CCN1c1ccc2cc(CO)cnc2c1. The molecule has 1 aromatic heterocycles. The summed E-state index contributed by atoms with van der Waals surface area (Å²) in [6, 6.07) is 12.2. The zero-order valence-corrected chi connectivity index (χ0v) is 15.3. The number of aromatic nitrogens is 1. The van der Waals surface area contributed by atoms with Gasteiger partial charge in [-0.2, -0.15) is 13.2 Å². The van der Waals surface area contributed by atoms with E-state index < -0.39 is 11.7 Å². The van der Waals surface area contributed by atoms with E-state index in [-0.39, 0.29) is 12.5 Å². The summed E-state index contributed by atoms with van der Waals surface area (Å²) < 4.78 is 38.2. The monoisotopic (exact) mass is 398 g/mol. The van der Waals surface area contributed by atoms with Gasteiger partial charge in [0.15, 0.2) is 0 Å². The number of nitrogens with zero attached hydrogens (tertiary/aromatic N) is 2. The minimum Gasteiger partial charge on any atom is -0.392 e. The lowest BCUT2D eigenvalue weighted by Gasteiger charge is -2.27. The second kappa shape index (κ2) is 7.33. The second-order valence-electron chi connectivity index (χ2n) is 6.86. The van der Waals surface area contributed by atoms with Gasteiger partial charge in [-0.05, 0) is 53.5 Å². The molecule has 0 spiro atoms. The molecule has 1 amide bonds. The van der Waals surface area contributed by atoms with Gasteiger partial charge >= 0.3 is 6.18 Å². The normalized spacial score (nSPS) is 15.0. The highest BCUT2D eigenvalue weighted by molar-refractivity contribution is 6.08. The summed E-state index contributed by atoms with van der Waals surface area (Å²) in [5, 5.41) is 10.1. The Kier molecular flexibility index (Phi) is 4.84. The van der Waals surface area contributed by atoms with Crippen LogP contribution in [0.25, 0.3) is 16.5 Å². The van der Waals surface area contributed by atoms with Crippen LogP contribution in [0.15, 0.2) is 60.8 Å². The summed E-state index contributed by atoms with van der Waals surface area (Å²) in [5.41, 5.74) is 2.75. The highest BCUT2D eigenvalue weighted by Gasteiger charge is 2.30. The van der Waals surface area contributed by atoms with Gasteiger partial charge in [0.2, 0.25) is 0 Å². The van der Waals surface area contributed by atoms with E-state index in [4.69, 9.17) is 0 Å². The predicted octanol–water partition coefficient (Wildman–Crippen LogP) is 4.57. The molecular weight excluding hydrogens is 381 g/mol. The zero-order chi connectivity index (χ0) is 20.6. The maximum absolute atomic E-state index is 12.7. The van der Waals surface area contributed by atoms with E-state index in [0.717, 1.165) is 17.5 Å². The van der Waals surface area contributed by atoms with E-state index >= 15 is 0 Å². The van der Waals surface area contributed by atoms with Crippen LogP contribution in [0.3, 0.4) is 0 Å². The molecule has 1 aliphatic heterocycles. The number of aliphatic hydroxyl groups excluding tert-OH is 1. The molecule has 3 aromatic rings. The van der Waals surface area contributed by atoms with Crippen LogP contribution in [-0.4, -0.2) is 22.5 Å². The van der Waals surface area contributed by atoms with E-state index in [9.17, 15) is 23.1 Å². The smallest absolute Gasteiger partial charge is 0.392 e. The van der Waals surface area contributed by atoms with Crippen molar-refractivity contribution in [3.05, 3.63) is 77.5 Å². The van der Waals surface area contributed by atoms with Crippen molar-refractivity contribution in [3.8, 4) is 0 Å². The number of aliphatic hydroxyl groups is 1. The lowest BCUT2D eigenvalue weighted by molar-refractivity contribution is -0.137. The van der Waals surface area contributed by atoms with Crippen molar-refractivity contribution in [1.29, 1.82) is 0 Å². The fourth-order valence-electron chi connectivity index (χ4n) is 3.41. The Bertz CT molecular complexity index is 1110. The summed E-state index contributed by atoms with van der Waals surface area (Å²) in [5.74, 6) is -0.225. The Morgan fingerprint density at radius 3 is 2.48 bits per heavy atom. The molecule has 0 saturated carbocycles. The predicted molar refractivity (Wildman–Crippen MR) is 104 cm³/mol. The quantitative estimate of drug-likeness (QED) is 0.703. The molecular formula is C22H17F3N2O2. The first-order chi connectivity index (χ1) is 13.8. The largest absolute Gasteiger partial charge is 0.416 e. The van der Waals surface area contributed by atoms with Crippen molar-refractivity contribution in [1.82, 2.24) is 4.98 Å². The van der Waals surface area contributed by atoms with Crippen LogP contribution in [0.4, 0.5) is 18.9 Å². The highest BCUT2D eigenvalue weighted by atomic mass is 19.4. The maximum atomic E-state index is 12.7. The van der Waals surface area contributed by atoms with Gasteiger partial charge in [-0.15, -0.1) is 0 Å². The average Bonchev–Trinajstić information content (AvgIpc) is 2.72. The van der Waals surface area contributed by atoms with E-state index in [2.05, 4.69) is 4.98 Å².